The van der Waals surface area contributed by atoms with E-state index in [-0.39, 0.29) is 6.17 Å². The molecule has 0 aromatic heterocycles. The Kier molecular flexibility index (Phi) is 5.20. The van der Waals surface area contributed by atoms with Crippen molar-refractivity contribution >= 4 is 21.4 Å². The molecule has 0 aliphatic carbocycles. The first-order valence-electron chi connectivity index (χ1n) is 6.40. The van der Waals surface area contributed by atoms with E-state index >= 15 is 0 Å². The summed E-state index contributed by atoms with van der Waals surface area (Å²) in [6, 6.07) is 5.79. The highest BCUT2D eigenvalue weighted by Gasteiger charge is 2.16. The van der Waals surface area contributed by atoms with Gasteiger partial charge in [-0.3, -0.25) is 0 Å². The number of rotatable bonds is 6. The molecular weight excluding hydrogens is 262 g/mol. The maximum Gasteiger partial charge on any atom is 0.210 e. The second kappa shape index (κ2) is 6.25. The Labute approximate surface area is 115 Å². The summed E-state index contributed by atoms with van der Waals surface area (Å²) in [6.07, 6.45) is 1.72. The van der Waals surface area contributed by atoms with E-state index in [9.17, 15) is 8.42 Å². The molecule has 1 unspecified atom stereocenters. The number of nitrogens with one attached hydrogen (secondary N) is 1. The molecule has 5 nitrogen and oxygen atoms in total. The minimum Gasteiger partial charge on any atom is -0.399 e. The Bertz CT molecular complexity index is 529. The lowest BCUT2D eigenvalue weighted by molar-refractivity contribution is 0.555. The first kappa shape index (κ1) is 15.8. The van der Waals surface area contributed by atoms with Gasteiger partial charge < -0.3 is 10.6 Å². The Hall–Kier alpha value is -1.27. The van der Waals surface area contributed by atoms with Crippen LogP contribution in [0, 0.1) is 0 Å². The van der Waals surface area contributed by atoms with Crippen LogP contribution in [-0.4, -0.2) is 27.4 Å². The van der Waals surface area contributed by atoms with Gasteiger partial charge in [-0.15, -0.1) is 0 Å². The summed E-state index contributed by atoms with van der Waals surface area (Å²) >= 11 is 0. The third-order valence-electron chi connectivity index (χ3n) is 3.03. The highest BCUT2D eigenvalue weighted by molar-refractivity contribution is 7.88. The molecule has 0 aliphatic rings. The van der Waals surface area contributed by atoms with Gasteiger partial charge in [0.2, 0.25) is 10.0 Å². The molecule has 6 heteroatoms. The molecule has 1 atom stereocenters. The van der Waals surface area contributed by atoms with E-state index in [2.05, 4.69) is 4.72 Å². The summed E-state index contributed by atoms with van der Waals surface area (Å²) in [6.45, 7) is 6.57. The van der Waals surface area contributed by atoms with Crippen molar-refractivity contribution in [3.63, 3.8) is 0 Å². The standard InChI is InChI=1S/C13H23N3O2S/c1-5-11-9-12(7-8-13(11)14)16(6-2)10(3)15-19(4,17)18/h7-10,15H,5-6,14H2,1-4H3. The van der Waals surface area contributed by atoms with Crippen LogP contribution in [0.5, 0.6) is 0 Å². The van der Waals surface area contributed by atoms with Gasteiger partial charge in [-0.05, 0) is 44.0 Å². The molecule has 108 valence electrons. The van der Waals surface area contributed by atoms with Crippen LogP contribution >= 0.6 is 0 Å². The average molecular weight is 285 g/mol. The molecule has 3 N–H and O–H groups in total. The lowest BCUT2D eigenvalue weighted by Crippen LogP contribution is -2.46. The van der Waals surface area contributed by atoms with Gasteiger partial charge in [-0.25, -0.2) is 8.42 Å². The number of hydrogen-bond donors (Lipinski definition) is 2. The first-order chi connectivity index (χ1) is 8.78. The van der Waals surface area contributed by atoms with Crippen molar-refractivity contribution in [2.75, 3.05) is 23.4 Å². The SMILES string of the molecule is CCc1cc(N(CC)C(C)NS(C)(=O)=O)ccc1N. The zero-order valence-corrected chi connectivity index (χ0v) is 12.8. The zero-order valence-electron chi connectivity index (χ0n) is 12.0. The fraction of sp³-hybridized carbons (Fsp3) is 0.538. The highest BCUT2D eigenvalue weighted by Crippen LogP contribution is 2.23. The van der Waals surface area contributed by atoms with Gasteiger partial charge in [0.15, 0.2) is 0 Å². The Morgan fingerprint density at radius 1 is 1.37 bits per heavy atom. The fourth-order valence-corrected chi connectivity index (χ4v) is 2.88. The van der Waals surface area contributed by atoms with Gasteiger partial charge in [-0.2, -0.15) is 4.72 Å². The van der Waals surface area contributed by atoms with Crippen LogP contribution < -0.4 is 15.4 Å². The van der Waals surface area contributed by atoms with Crippen molar-refractivity contribution in [3.05, 3.63) is 23.8 Å². The number of aryl methyl sites for hydroxylation is 1. The Balaban J connectivity index is 3.03. The summed E-state index contributed by atoms with van der Waals surface area (Å²) in [4.78, 5) is 1.99. The van der Waals surface area contributed by atoms with Gasteiger partial charge in [0.25, 0.3) is 0 Å². The van der Waals surface area contributed by atoms with E-state index in [0.29, 0.717) is 6.54 Å². The van der Waals surface area contributed by atoms with E-state index in [0.717, 1.165) is 29.6 Å². The molecule has 0 aliphatic heterocycles. The second-order valence-electron chi connectivity index (χ2n) is 4.59. The normalized spacial score (nSPS) is 13.3. The molecule has 0 bridgehead atoms. The van der Waals surface area contributed by atoms with Crippen molar-refractivity contribution in [2.45, 2.75) is 33.4 Å². The number of sulfonamides is 1. The molecule has 0 heterocycles. The third kappa shape index (κ3) is 4.40. The smallest absolute Gasteiger partial charge is 0.210 e. The average Bonchev–Trinajstić information content (AvgIpc) is 2.29. The molecule has 0 radical (unpaired) electrons. The lowest BCUT2D eigenvalue weighted by atomic mass is 10.1. The first-order valence-corrected chi connectivity index (χ1v) is 8.30. The van der Waals surface area contributed by atoms with E-state index < -0.39 is 10.0 Å². The topological polar surface area (TPSA) is 75.4 Å². The quantitative estimate of drug-likeness (QED) is 0.614. The third-order valence-corrected chi connectivity index (χ3v) is 3.80. The van der Waals surface area contributed by atoms with E-state index in [1.54, 1.807) is 0 Å². The molecule has 1 aromatic rings. The van der Waals surface area contributed by atoms with Gasteiger partial charge in [0, 0.05) is 17.9 Å². The van der Waals surface area contributed by atoms with Crippen molar-refractivity contribution in [2.24, 2.45) is 0 Å². The molecule has 0 spiro atoms. The monoisotopic (exact) mass is 285 g/mol. The van der Waals surface area contributed by atoms with Crippen molar-refractivity contribution < 1.29 is 8.42 Å². The molecule has 19 heavy (non-hydrogen) atoms. The largest absolute Gasteiger partial charge is 0.399 e. The number of hydrogen-bond acceptors (Lipinski definition) is 4. The number of anilines is 2. The number of nitrogens with two attached hydrogens (primary N) is 1. The van der Waals surface area contributed by atoms with Crippen LogP contribution in [0.1, 0.15) is 26.3 Å². The zero-order chi connectivity index (χ0) is 14.6. The summed E-state index contributed by atoms with van der Waals surface area (Å²) in [5.74, 6) is 0. The molecule has 1 rings (SSSR count). The van der Waals surface area contributed by atoms with Crippen LogP contribution in [0.3, 0.4) is 0 Å². The highest BCUT2D eigenvalue weighted by atomic mass is 32.2. The van der Waals surface area contributed by atoms with Gasteiger partial charge in [0.1, 0.15) is 0 Å². The maximum absolute atomic E-state index is 11.3. The number of nitrogen functional groups attached to an aromatic ring is 1. The summed E-state index contributed by atoms with van der Waals surface area (Å²) < 4.78 is 25.2. The van der Waals surface area contributed by atoms with Crippen LogP contribution in [0.2, 0.25) is 0 Å². The van der Waals surface area contributed by atoms with Crippen LogP contribution in [0.4, 0.5) is 11.4 Å². The van der Waals surface area contributed by atoms with E-state index in [1.165, 1.54) is 0 Å². The van der Waals surface area contributed by atoms with E-state index in [1.807, 2.05) is 43.9 Å². The van der Waals surface area contributed by atoms with Gasteiger partial charge in [-0.1, -0.05) is 6.92 Å². The Morgan fingerprint density at radius 2 is 2.00 bits per heavy atom. The minimum absolute atomic E-state index is 0.298. The summed E-state index contributed by atoms with van der Waals surface area (Å²) in [5.41, 5.74) is 8.70. The summed E-state index contributed by atoms with van der Waals surface area (Å²) in [5, 5.41) is 0. The summed E-state index contributed by atoms with van der Waals surface area (Å²) in [7, 11) is -3.23. The number of nitrogens with zero attached hydrogens (tertiary/aromatic N) is 1. The molecule has 0 saturated heterocycles. The van der Waals surface area contributed by atoms with Gasteiger partial charge in [0.05, 0.1) is 12.4 Å². The van der Waals surface area contributed by atoms with Gasteiger partial charge >= 0.3 is 0 Å². The molecule has 0 saturated carbocycles. The molecule has 0 fully saturated rings. The van der Waals surface area contributed by atoms with Crippen LogP contribution in [0.15, 0.2) is 18.2 Å². The second-order valence-corrected chi connectivity index (χ2v) is 6.37. The molecular formula is C13H23N3O2S. The van der Waals surface area contributed by atoms with Crippen LogP contribution in [-0.2, 0) is 16.4 Å². The fourth-order valence-electron chi connectivity index (χ4n) is 2.13. The molecule has 0 amide bonds. The Morgan fingerprint density at radius 3 is 2.47 bits per heavy atom. The van der Waals surface area contributed by atoms with Crippen LogP contribution in [0.25, 0.3) is 0 Å². The van der Waals surface area contributed by atoms with Crippen molar-refractivity contribution in [1.29, 1.82) is 0 Å². The number of benzene rings is 1. The lowest BCUT2D eigenvalue weighted by Gasteiger charge is -2.30. The van der Waals surface area contributed by atoms with Crippen molar-refractivity contribution in [1.82, 2.24) is 4.72 Å². The van der Waals surface area contributed by atoms with Crippen molar-refractivity contribution in [3.8, 4) is 0 Å². The molecule has 1 aromatic carbocycles. The predicted molar refractivity (Wildman–Crippen MR) is 80.7 cm³/mol. The maximum atomic E-state index is 11.3. The predicted octanol–water partition coefficient (Wildman–Crippen LogP) is 1.55. The van der Waals surface area contributed by atoms with E-state index in [4.69, 9.17) is 5.73 Å². The minimum atomic E-state index is -3.23.